The van der Waals surface area contributed by atoms with Crippen LogP contribution in [-0.4, -0.2) is 82.4 Å². The van der Waals surface area contributed by atoms with Gasteiger partial charge < -0.3 is 32.1 Å². The van der Waals surface area contributed by atoms with E-state index in [2.05, 4.69) is 27.0 Å². The highest BCUT2D eigenvalue weighted by Crippen LogP contribution is 2.23. The van der Waals surface area contributed by atoms with Crippen LogP contribution in [0.4, 0.5) is 5.69 Å². The lowest BCUT2D eigenvalue weighted by Gasteiger charge is -2.24. The van der Waals surface area contributed by atoms with E-state index in [0.717, 1.165) is 12.0 Å². The van der Waals surface area contributed by atoms with Crippen LogP contribution < -0.4 is 27.0 Å². The van der Waals surface area contributed by atoms with Gasteiger partial charge in [-0.2, -0.15) is 0 Å². The van der Waals surface area contributed by atoms with E-state index in [1.165, 1.54) is 0 Å². The highest BCUT2D eigenvalue weighted by atomic mass is 32.2. The molecule has 2 aromatic rings. The van der Waals surface area contributed by atoms with E-state index >= 15 is 0 Å². The Morgan fingerprint density at radius 1 is 1.15 bits per heavy atom. The number of aliphatic carboxylic acids is 1. The monoisotopic (exact) mass is 559 g/mol. The average molecular weight is 560 g/mol. The van der Waals surface area contributed by atoms with Gasteiger partial charge in [0.25, 0.3) is 5.91 Å². The molecule has 1 saturated heterocycles. The fourth-order valence-electron chi connectivity index (χ4n) is 3.70. The number of hydrogen-bond acceptors (Lipinski definition) is 7. The summed E-state index contributed by atoms with van der Waals surface area (Å²) in [5.41, 5.74) is 5.49. The Balaban J connectivity index is 0.00000170. The maximum atomic E-state index is 12.9. The van der Waals surface area contributed by atoms with Crippen molar-refractivity contribution in [3.8, 4) is 0 Å². The fraction of sp³-hybridized carbons (Fsp3) is 0.320. The van der Waals surface area contributed by atoms with Gasteiger partial charge in [0.15, 0.2) is 0 Å². The molecule has 1 aliphatic rings. The zero-order valence-electron chi connectivity index (χ0n) is 21.4. The molecule has 39 heavy (non-hydrogen) atoms. The largest absolute Gasteiger partial charge is 0.480 e. The maximum absolute atomic E-state index is 12.9. The summed E-state index contributed by atoms with van der Waals surface area (Å²) >= 11 is 0. The molecule has 3 unspecified atom stereocenters. The number of carboxylic acid groups (broad SMARTS) is 1. The number of carbonyl (C=O) groups is 4. The summed E-state index contributed by atoms with van der Waals surface area (Å²) in [5.74, 6) is -2.97. The van der Waals surface area contributed by atoms with Crippen molar-refractivity contribution < 1.29 is 28.5 Å². The van der Waals surface area contributed by atoms with E-state index in [0.29, 0.717) is 29.8 Å². The van der Waals surface area contributed by atoms with E-state index in [9.17, 15) is 28.5 Å². The Hall–Kier alpha value is -4.30. The number of hydrogen-bond donors (Lipinski definition) is 7. The molecule has 0 radical (unpaired) electrons. The number of benzene rings is 2. The van der Waals surface area contributed by atoms with Crippen LogP contribution in [-0.2, 0) is 25.4 Å². The lowest BCUT2D eigenvalue weighted by Crippen LogP contribution is -2.54. The van der Waals surface area contributed by atoms with Crippen LogP contribution in [0, 0.1) is 5.41 Å². The third-order valence-electron chi connectivity index (χ3n) is 5.61. The predicted molar refractivity (Wildman–Crippen MR) is 146 cm³/mol. The first-order valence-electron chi connectivity index (χ1n) is 12.0. The Kier molecular flexibility index (Phi) is 12.6. The van der Waals surface area contributed by atoms with Crippen LogP contribution in [0.15, 0.2) is 59.5 Å². The third kappa shape index (κ3) is 9.50. The molecule has 14 heteroatoms. The summed E-state index contributed by atoms with van der Waals surface area (Å²) in [6.07, 6.45) is 1.83. The topological polar surface area (TPSA) is 207 Å². The van der Waals surface area contributed by atoms with E-state index in [4.69, 9.17) is 5.41 Å². The number of nitrogens with zero attached hydrogens (tertiary/aromatic N) is 1. The number of carboxylic acids is 1. The quantitative estimate of drug-likeness (QED) is 0.146. The number of amides is 3. The molecule has 1 aliphatic heterocycles. The number of rotatable bonds is 11. The van der Waals surface area contributed by atoms with Crippen LogP contribution in [0.3, 0.4) is 0 Å². The average Bonchev–Trinajstić information content (AvgIpc) is 3.44. The Morgan fingerprint density at radius 3 is 2.49 bits per heavy atom. The van der Waals surface area contributed by atoms with Gasteiger partial charge in [-0.3, -0.25) is 19.8 Å². The number of nitrogens with two attached hydrogens (primary N) is 1. The highest BCUT2D eigenvalue weighted by Gasteiger charge is 2.36. The van der Waals surface area contributed by atoms with Gasteiger partial charge in [0, 0.05) is 31.4 Å². The molecule has 0 aliphatic carbocycles. The van der Waals surface area contributed by atoms with Crippen molar-refractivity contribution in [1.29, 1.82) is 5.41 Å². The standard InChI is InChI=1S/C24H29N5O6S.CH4N2/c1-25-17-8-5-7-16(13-17)22(31)27-15-21(30)26-14-19(24(33)34)28-23(32)20-11-6-12-29(20)36(35)18-9-3-2-4-10-18;2-1-3/h2-5,7-10,13,19-20,25H,6,11-12,14-15H2,1H3,(H,26,30)(H,27,31)(H,28,32)(H,33,34);1H,(H3,2,3). The van der Waals surface area contributed by atoms with Crippen LogP contribution in [0.5, 0.6) is 0 Å². The van der Waals surface area contributed by atoms with Crippen LogP contribution in [0.2, 0.25) is 0 Å². The van der Waals surface area contributed by atoms with Crippen molar-refractivity contribution in [1.82, 2.24) is 20.3 Å². The first-order valence-corrected chi connectivity index (χ1v) is 13.1. The van der Waals surface area contributed by atoms with Gasteiger partial charge in [0.1, 0.15) is 23.1 Å². The smallest absolute Gasteiger partial charge is 0.328 e. The molecule has 0 spiro atoms. The molecule has 2 aromatic carbocycles. The van der Waals surface area contributed by atoms with E-state index in [1.807, 2.05) is 0 Å². The molecule has 3 rings (SSSR count). The van der Waals surface area contributed by atoms with Crippen molar-refractivity contribution in [2.75, 3.05) is 32.0 Å². The molecule has 13 nitrogen and oxygen atoms in total. The fourth-order valence-corrected chi connectivity index (χ4v) is 5.09. The van der Waals surface area contributed by atoms with Crippen LogP contribution in [0.1, 0.15) is 23.2 Å². The zero-order chi connectivity index (χ0) is 28.8. The molecule has 210 valence electrons. The minimum atomic E-state index is -1.56. The Labute approximate surface area is 228 Å². The molecular formula is C25H33N7O6S. The van der Waals surface area contributed by atoms with Gasteiger partial charge in [-0.05, 0) is 43.2 Å². The summed E-state index contributed by atoms with van der Waals surface area (Å²) < 4.78 is 14.4. The van der Waals surface area contributed by atoms with Gasteiger partial charge in [-0.15, -0.1) is 0 Å². The SMILES string of the molecule is CNc1cccc(C(=O)NCC(=O)NCC(NC(=O)C2CCCN2S(=O)c2ccccc2)C(=O)O)c1.N=CN. The lowest BCUT2D eigenvalue weighted by atomic mass is 10.2. The van der Waals surface area contributed by atoms with E-state index in [1.54, 1.807) is 66.0 Å². The molecule has 1 heterocycles. The summed E-state index contributed by atoms with van der Waals surface area (Å²) in [6, 6.07) is 13.3. The van der Waals surface area contributed by atoms with Crippen LogP contribution in [0.25, 0.3) is 0 Å². The molecule has 0 aromatic heterocycles. The second-order valence-corrected chi connectivity index (χ2v) is 9.68. The van der Waals surface area contributed by atoms with Crippen molar-refractivity contribution in [3.63, 3.8) is 0 Å². The molecule has 3 atom stereocenters. The second kappa shape index (κ2) is 15.8. The van der Waals surface area contributed by atoms with Gasteiger partial charge in [-0.1, -0.05) is 24.3 Å². The van der Waals surface area contributed by atoms with Crippen molar-refractivity contribution in [3.05, 3.63) is 60.2 Å². The second-order valence-electron chi connectivity index (χ2n) is 8.24. The minimum Gasteiger partial charge on any atom is -0.480 e. The molecule has 0 bridgehead atoms. The summed E-state index contributed by atoms with van der Waals surface area (Å²) in [7, 11) is 0.157. The lowest BCUT2D eigenvalue weighted by molar-refractivity contribution is -0.142. The number of nitrogens with one attached hydrogen (secondary N) is 5. The molecule has 8 N–H and O–H groups in total. The number of anilines is 1. The Bertz CT molecular complexity index is 1180. The van der Waals surface area contributed by atoms with Crippen molar-refractivity contribution in [2.24, 2.45) is 5.73 Å². The first kappa shape index (κ1) is 30.9. The maximum Gasteiger partial charge on any atom is 0.328 e. The highest BCUT2D eigenvalue weighted by molar-refractivity contribution is 7.82. The normalized spacial score (nSPS) is 16.0. The summed E-state index contributed by atoms with van der Waals surface area (Å²) in [4.78, 5) is 49.5. The number of carbonyl (C=O) groups excluding carboxylic acids is 3. The van der Waals surface area contributed by atoms with E-state index < -0.39 is 46.8 Å². The van der Waals surface area contributed by atoms with E-state index in [-0.39, 0.29) is 13.1 Å². The summed E-state index contributed by atoms with van der Waals surface area (Å²) in [5, 5.41) is 25.6. The molecule has 1 fully saturated rings. The van der Waals surface area contributed by atoms with Crippen LogP contribution >= 0.6 is 0 Å². The first-order chi connectivity index (χ1) is 18.7. The molecule has 0 saturated carbocycles. The summed E-state index contributed by atoms with van der Waals surface area (Å²) in [6.45, 7) is -0.306. The van der Waals surface area contributed by atoms with Gasteiger partial charge in [0.05, 0.1) is 17.8 Å². The predicted octanol–water partition coefficient (Wildman–Crippen LogP) is -0.117. The van der Waals surface area contributed by atoms with Gasteiger partial charge >= 0.3 is 5.97 Å². The van der Waals surface area contributed by atoms with Crippen molar-refractivity contribution >= 4 is 46.7 Å². The van der Waals surface area contributed by atoms with Crippen molar-refractivity contribution in [2.45, 2.75) is 29.8 Å². The Morgan fingerprint density at radius 2 is 1.85 bits per heavy atom. The molecular weight excluding hydrogens is 526 g/mol. The molecule has 3 amide bonds. The zero-order valence-corrected chi connectivity index (χ0v) is 22.2. The third-order valence-corrected chi connectivity index (χ3v) is 7.14. The van der Waals surface area contributed by atoms with Gasteiger partial charge in [0.2, 0.25) is 11.8 Å². The van der Waals surface area contributed by atoms with Gasteiger partial charge in [-0.25, -0.2) is 13.3 Å². The minimum absolute atomic E-state index is 0.360.